The fourth-order valence-corrected chi connectivity index (χ4v) is 3.18. The molecule has 0 fully saturated rings. The van der Waals surface area contributed by atoms with Crippen LogP contribution in [0.15, 0.2) is 84.9 Å². The van der Waals surface area contributed by atoms with Crippen molar-refractivity contribution in [2.75, 3.05) is 18.1 Å². The highest BCUT2D eigenvalue weighted by atomic mass is 16.5. The average molecular weight is 417 g/mol. The van der Waals surface area contributed by atoms with Crippen LogP contribution in [0.2, 0.25) is 0 Å². The highest BCUT2D eigenvalue weighted by molar-refractivity contribution is 5.94. The van der Waals surface area contributed by atoms with Crippen LogP contribution in [-0.2, 0) is 22.6 Å². The van der Waals surface area contributed by atoms with Gasteiger partial charge in [-0.15, -0.1) is 0 Å². The molecule has 0 bridgehead atoms. The summed E-state index contributed by atoms with van der Waals surface area (Å²) in [6.07, 6.45) is 1.17. The second-order valence-corrected chi connectivity index (χ2v) is 7.26. The summed E-state index contributed by atoms with van der Waals surface area (Å²) in [7, 11) is 0. The Morgan fingerprint density at radius 3 is 2.26 bits per heavy atom. The molecule has 5 nitrogen and oxygen atoms in total. The predicted molar refractivity (Wildman–Crippen MR) is 123 cm³/mol. The molecule has 3 aromatic carbocycles. The van der Waals surface area contributed by atoms with Crippen molar-refractivity contribution in [3.63, 3.8) is 0 Å². The van der Waals surface area contributed by atoms with Gasteiger partial charge in [-0.1, -0.05) is 67.6 Å². The van der Waals surface area contributed by atoms with Crippen molar-refractivity contribution in [1.82, 2.24) is 5.32 Å². The van der Waals surface area contributed by atoms with E-state index in [0.717, 1.165) is 23.2 Å². The number of carbonyl (C=O) groups is 2. The fourth-order valence-electron chi connectivity index (χ4n) is 3.18. The van der Waals surface area contributed by atoms with Crippen LogP contribution >= 0.6 is 0 Å². The summed E-state index contributed by atoms with van der Waals surface area (Å²) in [5.41, 5.74) is 2.62. The lowest BCUT2D eigenvalue weighted by atomic mass is 10.1. The summed E-state index contributed by atoms with van der Waals surface area (Å²) in [6.45, 7) is 3.03. The van der Waals surface area contributed by atoms with E-state index in [1.54, 1.807) is 4.90 Å². The fraction of sp³-hybridized carbons (Fsp3) is 0.231. The second kappa shape index (κ2) is 11.6. The lowest BCUT2D eigenvalue weighted by molar-refractivity contribution is -0.121. The molecule has 3 rings (SSSR count). The first-order valence-corrected chi connectivity index (χ1v) is 10.5. The van der Waals surface area contributed by atoms with E-state index >= 15 is 0 Å². The van der Waals surface area contributed by atoms with E-state index in [2.05, 4.69) is 5.32 Å². The average Bonchev–Trinajstić information content (AvgIpc) is 2.81. The molecule has 2 amide bonds. The molecule has 160 valence electrons. The van der Waals surface area contributed by atoms with Gasteiger partial charge in [0.15, 0.2) is 6.61 Å². The zero-order chi connectivity index (χ0) is 21.9. The molecule has 0 aliphatic rings. The lowest BCUT2D eigenvalue weighted by Crippen LogP contribution is -2.34. The van der Waals surface area contributed by atoms with Crippen molar-refractivity contribution in [1.29, 1.82) is 0 Å². The van der Waals surface area contributed by atoms with Crippen molar-refractivity contribution < 1.29 is 14.3 Å². The van der Waals surface area contributed by atoms with Crippen LogP contribution in [-0.4, -0.2) is 25.0 Å². The minimum atomic E-state index is -0.153. The molecule has 0 saturated heterocycles. The molecule has 1 N–H and O–H groups in total. The molecule has 0 aliphatic heterocycles. The van der Waals surface area contributed by atoms with Gasteiger partial charge < -0.3 is 15.0 Å². The van der Waals surface area contributed by atoms with Crippen molar-refractivity contribution >= 4 is 17.5 Å². The first-order chi connectivity index (χ1) is 15.2. The number of amides is 2. The van der Waals surface area contributed by atoms with E-state index in [-0.39, 0.29) is 24.8 Å². The third-order valence-corrected chi connectivity index (χ3v) is 4.75. The number of hydrogen-bond donors (Lipinski definition) is 1. The van der Waals surface area contributed by atoms with E-state index in [0.29, 0.717) is 18.8 Å². The maximum Gasteiger partial charge on any atom is 0.265 e. The SMILES string of the molecule is CCCNC(=O)Cc1cccc(N(Cc2ccccc2)C(=O)COc2ccccc2)c1. The molecular weight excluding hydrogens is 388 g/mol. The summed E-state index contributed by atoms with van der Waals surface area (Å²) in [4.78, 5) is 26.9. The van der Waals surface area contributed by atoms with E-state index in [9.17, 15) is 9.59 Å². The standard InChI is InChI=1S/C26H28N2O3/c1-2-16-27-25(29)18-22-12-9-13-23(17-22)28(19-21-10-5-3-6-11-21)26(30)20-31-24-14-7-4-8-15-24/h3-15,17H,2,16,18-20H2,1H3,(H,27,29). The van der Waals surface area contributed by atoms with Crippen molar-refractivity contribution in [3.05, 3.63) is 96.1 Å². The van der Waals surface area contributed by atoms with Crippen LogP contribution in [0.25, 0.3) is 0 Å². The third kappa shape index (κ3) is 7.00. The zero-order valence-corrected chi connectivity index (χ0v) is 17.8. The Kier molecular flexibility index (Phi) is 8.23. The second-order valence-electron chi connectivity index (χ2n) is 7.26. The van der Waals surface area contributed by atoms with Gasteiger partial charge in [-0.3, -0.25) is 9.59 Å². The van der Waals surface area contributed by atoms with Gasteiger partial charge in [0, 0.05) is 12.2 Å². The van der Waals surface area contributed by atoms with E-state index in [1.807, 2.05) is 91.9 Å². The Balaban J connectivity index is 1.77. The van der Waals surface area contributed by atoms with Gasteiger partial charge in [-0.05, 0) is 41.8 Å². The molecular formula is C26H28N2O3. The minimum Gasteiger partial charge on any atom is -0.484 e. The van der Waals surface area contributed by atoms with Crippen LogP contribution in [0.3, 0.4) is 0 Å². The number of ether oxygens (including phenoxy) is 1. The smallest absolute Gasteiger partial charge is 0.265 e. The predicted octanol–water partition coefficient (Wildman–Crippen LogP) is 4.37. The van der Waals surface area contributed by atoms with Gasteiger partial charge in [0.1, 0.15) is 5.75 Å². The summed E-state index contributed by atoms with van der Waals surface area (Å²) >= 11 is 0. The number of para-hydroxylation sites is 1. The van der Waals surface area contributed by atoms with Crippen molar-refractivity contribution in [3.8, 4) is 5.75 Å². The van der Waals surface area contributed by atoms with Crippen LogP contribution in [0.5, 0.6) is 5.75 Å². The quantitative estimate of drug-likeness (QED) is 0.534. The Morgan fingerprint density at radius 2 is 1.55 bits per heavy atom. The van der Waals surface area contributed by atoms with Gasteiger partial charge in [0.25, 0.3) is 5.91 Å². The van der Waals surface area contributed by atoms with E-state index in [4.69, 9.17) is 4.74 Å². The van der Waals surface area contributed by atoms with Crippen LogP contribution in [0.1, 0.15) is 24.5 Å². The number of hydrogen-bond acceptors (Lipinski definition) is 3. The highest BCUT2D eigenvalue weighted by Gasteiger charge is 2.18. The Hall–Kier alpha value is -3.60. The summed E-state index contributed by atoms with van der Waals surface area (Å²) in [5, 5.41) is 2.89. The lowest BCUT2D eigenvalue weighted by Gasteiger charge is -2.24. The Morgan fingerprint density at radius 1 is 0.871 bits per heavy atom. The largest absolute Gasteiger partial charge is 0.484 e. The molecule has 0 aliphatic carbocycles. The summed E-state index contributed by atoms with van der Waals surface area (Å²) in [6, 6.07) is 26.7. The molecule has 0 heterocycles. The number of nitrogens with zero attached hydrogens (tertiary/aromatic N) is 1. The summed E-state index contributed by atoms with van der Waals surface area (Å²) in [5.74, 6) is 0.476. The zero-order valence-electron chi connectivity index (χ0n) is 17.8. The topological polar surface area (TPSA) is 58.6 Å². The molecule has 0 atom stereocenters. The van der Waals surface area contributed by atoms with Gasteiger partial charge in [0.2, 0.25) is 5.91 Å². The van der Waals surface area contributed by atoms with Crippen molar-refractivity contribution in [2.45, 2.75) is 26.3 Å². The van der Waals surface area contributed by atoms with Crippen molar-refractivity contribution in [2.24, 2.45) is 0 Å². The molecule has 0 spiro atoms. The molecule has 0 unspecified atom stereocenters. The van der Waals surface area contributed by atoms with Crippen LogP contribution < -0.4 is 15.0 Å². The molecule has 3 aromatic rings. The molecule has 5 heteroatoms. The molecule has 0 saturated carbocycles. The van der Waals surface area contributed by atoms with Gasteiger partial charge in [-0.25, -0.2) is 0 Å². The first kappa shape index (κ1) is 22.1. The van der Waals surface area contributed by atoms with Gasteiger partial charge in [0.05, 0.1) is 13.0 Å². The number of anilines is 1. The normalized spacial score (nSPS) is 10.4. The highest BCUT2D eigenvalue weighted by Crippen LogP contribution is 2.20. The number of rotatable bonds is 10. The number of nitrogens with one attached hydrogen (secondary N) is 1. The van der Waals surface area contributed by atoms with Crippen LogP contribution in [0, 0.1) is 0 Å². The minimum absolute atomic E-state index is 0.0210. The maximum absolute atomic E-state index is 13.1. The summed E-state index contributed by atoms with van der Waals surface area (Å²) < 4.78 is 5.69. The van der Waals surface area contributed by atoms with Gasteiger partial charge in [-0.2, -0.15) is 0 Å². The first-order valence-electron chi connectivity index (χ1n) is 10.5. The molecule has 31 heavy (non-hydrogen) atoms. The van der Waals surface area contributed by atoms with E-state index in [1.165, 1.54) is 0 Å². The third-order valence-electron chi connectivity index (χ3n) is 4.75. The molecule has 0 radical (unpaired) electrons. The maximum atomic E-state index is 13.1. The van der Waals surface area contributed by atoms with Gasteiger partial charge >= 0.3 is 0 Å². The Labute approximate surface area is 183 Å². The number of benzene rings is 3. The monoisotopic (exact) mass is 416 g/mol. The van der Waals surface area contributed by atoms with Crippen LogP contribution in [0.4, 0.5) is 5.69 Å². The Bertz CT molecular complexity index is 974. The number of carbonyl (C=O) groups excluding carboxylic acids is 2. The molecule has 0 aromatic heterocycles. The van der Waals surface area contributed by atoms with E-state index < -0.39 is 0 Å².